The molecule has 0 unspecified atom stereocenters. The topological polar surface area (TPSA) is 71.0 Å². The molecule has 0 aliphatic carbocycles. The number of aromatic nitrogens is 3. The van der Waals surface area contributed by atoms with Crippen LogP contribution in [0.5, 0.6) is 0 Å². The Kier molecular flexibility index (Phi) is 5.82. The van der Waals surface area contributed by atoms with Crippen LogP contribution in [0.2, 0.25) is 0 Å². The number of nitrogens with zero attached hydrogens (tertiary/aromatic N) is 4. The van der Waals surface area contributed by atoms with Crippen LogP contribution in [0.4, 0.5) is 5.82 Å². The van der Waals surface area contributed by atoms with E-state index >= 15 is 0 Å². The van der Waals surface area contributed by atoms with E-state index in [1.807, 2.05) is 12.1 Å². The highest BCUT2D eigenvalue weighted by atomic mass is 16.2. The van der Waals surface area contributed by atoms with Crippen molar-refractivity contribution < 1.29 is 4.79 Å². The molecule has 0 saturated carbocycles. The Morgan fingerprint density at radius 2 is 2.00 bits per heavy atom. The first-order valence-electron chi connectivity index (χ1n) is 7.41. The molecule has 0 spiro atoms. The lowest BCUT2D eigenvalue weighted by molar-refractivity contribution is 0.0787. The zero-order valence-corrected chi connectivity index (χ0v) is 13.0. The van der Waals surface area contributed by atoms with Gasteiger partial charge in [0.2, 0.25) is 0 Å². The minimum absolute atomic E-state index is 0.0957. The Morgan fingerprint density at radius 3 is 2.64 bits per heavy atom. The average Bonchev–Trinajstić information content (AvgIpc) is 2.58. The maximum atomic E-state index is 12.1. The Bertz CT molecular complexity index is 585. The van der Waals surface area contributed by atoms with E-state index in [4.69, 9.17) is 0 Å². The molecule has 6 heteroatoms. The van der Waals surface area contributed by atoms with Crippen LogP contribution in [0.1, 0.15) is 35.8 Å². The van der Waals surface area contributed by atoms with Gasteiger partial charge in [-0.15, -0.1) is 0 Å². The van der Waals surface area contributed by atoms with Crippen molar-refractivity contribution in [1.29, 1.82) is 0 Å². The third-order valence-corrected chi connectivity index (χ3v) is 3.29. The zero-order valence-electron chi connectivity index (χ0n) is 13.0. The van der Waals surface area contributed by atoms with Crippen molar-refractivity contribution in [3.8, 4) is 0 Å². The molecule has 0 bridgehead atoms. The van der Waals surface area contributed by atoms with Crippen molar-refractivity contribution in [2.45, 2.75) is 26.3 Å². The molecular weight excluding hydrogens is 278 g/mol. The summed E-state index contributed by atoms with van der Waals surface area (Å²) in [4.78, 5) is 26.2. The van der Waals surface area contributed by atoms with Crippen molar-refractivity contribution in [1.82, 2.24) is 19.9 Å². The third kappa shape index (κ3) is 4.51. The van der Waals surface area contributed by atoms with Gasteiger partial charge in [0.25, 0.3) is 5.91 Å². The lowest BCUT2D eigenvalue weighted by Crippen LogP contribution is -2.28. The van der Waals surface area contributed by atoms with Crippen molar-refractivity contribution >= 4 is 11.7 Å². The van der Waals surface area contributed by atoms with E-state index in [1.54, 1.807) is 30.5 Å². The fourth-order valence-electron chi connectivity index (χ4n) is 1.92. The van der Waals surface area contributed by atoms with Crippen LogP contribution >= 0.6 is 0 Å². The van der Waals surface area contributed by atoms with Crippen molar-refractivity contribution in [2.75, 3.05) is 18.9 Å². The molecule has 116 valence electrons. The molecule has 0 fully saturated rings. The molecule has 2 rings (SSSR count). The van der Waals surface area contributed by atoms with E-state index < -0.39 is 0 Å². The number of hydrogen-bond acceptors (Lipinski definition) is 5. The van der Waals surface area contributed by atoms with Gasteiger partial charge in [-0.1, -0.05) is 13.3 Å². The predicted molar refractivity (Wildman–Crippen MR) is 85.5 cm³/mol. The summed E-state index contributed by atoms with van der Waals surface area (Å²) >= 11 is 0. The second kappa shape index (κ2) is 8.07. The van der Waals surface area contributed by atoms with Gasteiger partial charge in [-0.25, -0.2) is 9.97 Å². The molecule has 2 aromatic heterocycles. The molecule has 22 heavy (non-hydrogen) atoms. The van der Waals surface area contributed by atoms with Crippen LogP contribution in [0.3, 0.4) is 0 Å². The summed E-state index contributed by atoms with van der Waals surface area (Å²) in [6, 6.07) is 3.86. The predicted octanol–water partition coefficient (Wildman–Crippen LogP) is 2.36. The molecule has 0 aliphatic rings. The first-order valence-corrected chi connectivity index (χ1v) is 7.41. The summed E-state index contributed by atoms with van der Waals surface area (Å²) in [5, 5.41) is 3.16. The quantitative estimate of drug-likeness (QED) is 0.849. The Labute approximate surface area is 130 Å². The van der Waals surface area contributed by atoms with E-state index in [-0.39, 0.29) is 5.91 Å². The van der Waals surface area contributed by atoms with Gasteiger partial charge in [0.05, 0.1) is 12.4 Å². The third-order valence-electron chi connectivity index (χ3n) is 3.29. The minimum Gasteiger partial charge on any atom is -0.365 e. The Balaban J connectivity index is 1.91. The van der Waals surface area contributed by atoms with Crippen molar-refractivity contribution in [2.24, 2.45) is 0 Å². The second-order valence-electron chi connectivity index (χ2n) is 5.08. The van der Waals surface area contributed by atoms with E-state index in [2.05, 4.69) is 27.2 Å². The number of pyridine rings is 1. The summed E-state index contributed by atoms with van der Waals surface area (Å²) in [6.07, 6.45) is 8.64. The molecule has 0 aromatic carbocycles. The molecule has 0 saturated heterocycles. The Morgan fingerprint density at radius 1 is 1.23 bits per heavy atom. The lowest BCUT2D eigenvalue weighted by Gasteiger charge is -2.16. The summed E-state index contributed by atoms with van der Waals surface area (Å²) < 4.78 is 0. The normalized spacial score (nSPS) is 10.3. The fourth-order valence-corrected chi connectivity index (χ4v) is 1.92. The Hall–Kier alpha value is -2.50. The number of nitrogens with one attached hydrogen (secondary N) is 1. The van der Waals surface area contributed by atoms with Gasteiger partial charge in [0.1, 0.15) is 11.5 Å². The largest absolute Gasteiger partial charge is 0.365 e. The van der Waals surface area contributed by atoms with Crippen LogP contribution in [-0.4, -0.2) is 39.4 Å². The van der Waals surface area contributed by atoms with Crippen LogP contribution in [0.25, 0.3) is 0 Å². The van der Waals surface area contributed by atoms with Crippen molar-refractivity contribution in [3.63, 3.8) is 0 Å². The second-order valence-corrected chi connectivity index (χ2v) is 5.08. The number of anilines is 1. The molecule has 1 amide bonds. The summed E-state index contributed by atoms with van der Waals surface area (Å²) in [6.45, 7) is 3.47. The standard InChI is InChI=1S/C16H21N5O/c1-3-4-9-21(2)16(22)14-11-20-15(12-18-14)19-10-13-5-7-17-8-6-13/h5-8,11-12H,3-4,9-10H2,1-2H3,(H,19,20). The monoisotopic (exact) mass is 299 g/mol. The molecule has 6 nitrogen and oxygen atoms in total. The fraction of sp³-hybridized carbons (Fsp3) is 0.375. The first-order chi connectivity index (χ1) is 10.7. The van der Waals surface area contributed by atoms with Gasteiger partial charge < -0.3 is 10.2 Å². The van der Waals surface area contributed by atoms with Gasteiger partial charge >= 0.3 is 0 Å². The maximum Gasteiger partial charge on any atom is 0.273 e. The van der Waals surface area contributed by atoms with Gasteiger partial charge in [-0.05, 0) is 24.1 Å². The van der Waals surface area contributed by atoms with Gasteiger partial charge in [-0.3, -0.25) is 9.78 Å². The molecule has 0 atom stereocenters. The number of carbonyl (C=O) groups excluding carboxylic acids is 1. The number of amides is 1. The number of hydrogen-bond donors (Lipinski definition) is 1. The minimum atomic E-state index is -0.0957. The van der Waals surface area contributed by atoms with Crippen molar-refractivity contribution in [3.05, 3.63) is 48.2 Å². The van der Waals surface area contributed by atoms with Crippen LogP contribution in [-0.2, 0) is 6.54 Å². The number of rotatable bonds is 7. The number of unbranched alkanes of at least 4 members (excludes halogenated alkanes) is 1. The van der Waals surface area contributed by atoms with Crippen LogP contribution in [0.15, 0.2) is 36.9 Å². The highest BCUT2D eigenvalue weighted by molar-refractivity contribution is 5.91. The van der Waals surface area contributed by atoms with Crippen LogP contribution in [0, 0.1) is 0 Å². The molecule has 0 radical (unpaired) electrons. The summed E-state index contributed by atoms with van der Waals surface area (Å²) in [7, 11) is 1.79. The van der Waals surface area contributed by atoms with E-state index in [0.717, 1.165) is 24.9 Å². The molecule has 2 aromatic rings. The number of carbonyl (C=O) groups is 1. The summed E-state index contributed by atoms with van der Waals surface area (Å²) in [5.41, 5.74) is 1.48. The van der Waals surface area contributed by atoms with E-state index in [0.29, 0.717) is 18.1 Å². The zero-order chi connectivity index (χ0) is 15.8. The molecular formula is C16H21N5O. The molecule has 0 aliphatic heterocycles. The molecule has 1 N–H and O–H groups in total. The first kappa shape index (κ1) is 15.9. The van der Waals surface area contributed by atoms with E-state index in [1.165, 1.54) is 6.20 Å². The maximum absolute atomic E-state index is 12.1. The van der Waals surface area contributed by atoms with Gasteiger partial charge in [-0.2, -0.15) is 0 Å². The van der Waals surface area contributed by atoms with E-state index in [9.17, 15) is 4.79 Å². The highest BCUT2D eigenvalue weighted by Gasteiger charge is 2.12. The highest BCUT2D eigenvalue weighted by Crippen LogP contribution is 2.06. The SMILES string of the molecule is CCCCN(C)C(=O)c1cnc(NCc2ccncc2)cn1. The average molecular weight is 299 g/mol. The smallest absolute Gasteiger partial charge is 0.273 e. The van der Waals surface area contributed by atoms with Crippen LogP contribution < -0.4 is 5.32 Å². The molecule has 2 heterocycles. The van der Waals surface area contributed by atoms with Gasteiger partial charge in [0.15, 0.2) is 0 Å². The van der Waals surface area contributed by atoms with Gasteiger partial charge in [0, 0.05) is 32.5 Å². The summed E-state index contributed by atoms with van der Waals surface area (Å²) in [5.74, 6) is 0.547. The lowest BCUT2D eigenvalue weighted by atomic mass is 10.3.